The number of anilines is 1. The smallest absolute Gasteiger partial charge is 0.355 e. The highest BCUT2D eigenvalue weighted by Gasteiger charge is 2.32. The Morgan fingerprint density at radius 3 is 2.56 bits per heavy atom. The summed E-state index contributed by atoms with van der Waals surface area (Å²) in [4.78, 5) is 5.42. The van der Waals surface area contributed by atoms with E-state index in [0.29, 0.717) is 18.8 Å². The van der Waals surface area contributed by atoms with Gasteiger partial charge < -0.3 is 4.90 Å². The number of nitrogens with zero attached hydrogens (tertiary/aromatic N) is 2. The number of pyridine rings is 1. The zero-order chi connectivity index (χ0) is 19.8. The van der Waals surface area contributed by atoms with Crippen LogP contribution in [-0.2, 0) is 16.2 Å². The molecule has 2 aromatic rings. The molecule has 27 heavy (non-hydrogen) atoms. The van der Waals surface area contributed by atoms with Gasteiger partial charge in [-0.15, -0.1) is 0 Å². The summed E-state index contributed by atoms with van der Waals surface area (Å²) in [5, 5.41) is 0.285. The van der Waals surface area contributed by atoms with Crippen LogP contribution in [0.25, 0.3) is 0 Å². The highest BCUT2D eigenvalue weighted by atomic mass is 35.5. The fourth-order valence-corrected chi connectivity index (χ4v) is 4.80. The number of alkyl halides is 3. The van der Waals surface area contributed by atoms with Crippen LogP contribution in [0.1, 0.15) is 12.0 Å². The molecule has 0 radical (unpaired) electrons. The number of sulfonamides is 1. The lowest BCUT2D eigenvalue weighted by Gasteiger charge is -2.19. The Kier molecular flexibility index (Phi) is 5.58. The molecule has 1 atom stereocenters. The van der Waals surface area contributed by atoms with Crippen molar-refractivity contribution in [2.45, 2.75) is 23.5 Å². The van der Waals surface area contributed by atoms with Crippen molar-refractivity contribution in [3.63, 3.8) is 0 Å². The molecular weight excluding hydrogens is 426 g/mol. The van der Waals surface area contributed by atoms with Crippen molar-refractivity contribution in [1.82, 2.24) is 9.71 Å². The van der Waals surface area contributed by atoms with Crippen LogP contribution in [0.2, 0.25) is 10.0 Å². The number of aromatic nitrogens is 1. The Balaban J connectivity index is 1.70. The van der Waals surface area contributed by atoms with Crippen molar-refractivity contribution in [2.24, 2.45) is 0 Å². The highest BCUT2D eigenvalue weighted by molar-refractivity contribution is 7.89. The zero-order valence-electron chi connectivity index (χ0n) is 13.7. The fraction of sp³-hybridized carbons (Fsp3) is 0.312. The minimum Gasteiger partial charge on any atom is -0.355 e. The van der Waals surface area contributed by atoms with Crippen LogP contribution in [0.5, 0.6) is 0 Å². The van der Waals surface area contributed by atoms with E-state index in [2.05, 4.69) is 9.71 Å². The molecule has 0 spiro atoms. The summed E-state index contributed by atoms with van der Waals surface area (Å²) in [6.45, 7) is 0.727. The number of halogens is 5. The van der Waals surface area contributed by atoms with Crippen LogP contribution < -0.4 is 9.62 Å². The molecule has 0 aliphatic carbocycles. The van der Waals surface area contributed by atoms with Crippen LogP contribution in [0.4, 0.5) is 19.0 Å². The Labute approximate surface area is 164 Å². The number of nitrogens with one attached hydrogen (secondary N) is 1. The van der Waals surface area contributed by atoms with Crippen molar-refractivity contribution in [3.8, 4) is 0 Å². The fourth-order valence-electron chi connectivity index (χ4n) is 2.77. The molecule has 3 rings (SSSR count). The van der Waals surface area contributed by atoms with E-state index in [0.717, 1.165) is 12.3 Å². The third-order valence-corrected chi connectivity index (χ3v) is 6.33. The third-order valence-electron chi connectivity index (χ3n) is 4.09. The summed E-state index contributed by atoms with van der Waals surface area (Å²) in [5.41, 5.74) is -0.835. The molecule has 2 heterocycles. The van der Waals surface area contributed by atoms with Crippen LogP contribution >= 0.6 is 23.2 Å². The van der Waals surface area contributed by atoms with Gasteiger partial charge in [-0.3, -0.25) is 0 Å². The third kappa shape index (κ3) is 4.66. The second-order valence-corrected chi connectivity index (χ2v) is 8.56. The molecule has 1 aliphatic rings. The molecule has 0 saturated carbocycles. The lowest BCUT2D eigenvalue weighted by molar-refractivity contribution is -0.137. The molecule has 5 nitrogen and oxygen atoms in total. The molecule has 0 bridgehead atoms. The summed E-state index contributed by atoms with van der Waals surface area (Å²) in [5.74, 6) is 0.352. The van der Waals surface area contributed by atoms with Crippen molar-refractivity contribution in [3.05, 3.63) is 52.1 Å². The standard InChI is InChI=1S/C16H14Cl2F3N3O2S/c17-11-2-3-13(18)14(7-11)27(25,26)23-12-5-6-24(9-12)15-4-1-10(8-22-15)16(19,20)21/h1-4,7-8,12,23H,5-6,9H2/t12-/m1/s1. The van der Waals surface area contributed by atoms with E-state index in [1.54, 1.807) is 4.90 Å². The zero-order valence-corrected chi connectivity index (χ0v) is 16.0. The molecule has 1 aromatic carbocycles. The first-order chi connectivity index (χ1) is 12.6. The van der Waals surface area contributed by atoms with Crippen LogP contribution in [0.3, 0.4) is 0 Å². The summed E-state index contributed by atoms with van der Waals surface area (Å²) in [7, 11) is -3.89. The Bertz CT molecular complexity index is 937. The van der Waals surface area contributed by atoms with Gasteiger partial charge in [0.15, 0.2) is 0 Å². The second-order valence-electron chi connectivity index (χ2n) is 6.03. The van der Waals surface area contributed by atoms with Gasteiger partial charge in [0.1, 0.15) is 10.7 Å². The predicted molar refractivity (Wildman–Crippen MR) is 96.6 cm³/mol. The summed E-state index contributed by atoms with van der Waals surface area (Å²) < 4.78 is 65.5. The van der Waals surface area contributed by atoms with Gasteiger partial charge in [0.05, 0.1) is 10.6 Å². The van der Waals surface area contributed by atoms with Crippen LogP contribution in [0.15, 0.2) is 41.4 Å². The molecule has 146 valence electrons. The summed E-state index contributed by atoms with van der Waals surface area (Å²) in [6.07, 6.45) is -3.22. The number of hydrogen-bond acceptors (Lipinski definition) is 4. The van der Waals surface area contributed by atoms with Gasteiger partial charge in [0, 0.05) is 30.4 Å². The maximum Gasteiger partial charge on any atom is 0.417 e. The van der Waals surface area contributed by atoms with E-state index in [1.165, 1.54) is 24.3 Å². The quantitative estimate of drug-likeness (QED) is 0.782. The van der Waals surface area contributed by atoms with Crippen LogP contribution in [-0.4, -0.2) is 32.5 Å². The van der Waals surface area contributed by atoms with E-state index in [1.807, 2.05) is 0 Å². The number of rotatable bonds is 4. The minimum atomic E-state index is -4.45. The lowest BCUT2D eigenvalue weighted by atomic mass is 10.3. The molecular formula is C16H14Cl2F3N3O2S. The Hall–Kier alpha value is -1.55. The van der Waals surface area contributed by atoms with E-state index in [-0.39, 0.29) is 21.5 Å². The topological polar surface area (TPSA) is 62.3 Å². The van der Waals surface area contributed by atoms with Gasteiger partial charge >= 0.3 is 6.18 Å². The minimum absolute atomic E-state index is 0.0474. The first kappa shape index (κ1) is 20.2. The van der Waals surface area contributed by atoms with Gasteiger partial charge in [-0.05, 0) is 36.8 Å². The molecule has 1 N–H and O–H groups in total. The van der Waals surface area contributed by atoms with E-state index in [9.17, 15) is 21.6 Å². The van der Waals surface area contributed by atoms with Crippen molar-refractivity contribution < 1.29 is 21.6 Å². The first-order valence-electron chi connectivity index (χ1n) is 7.82. The van der Waals surface area contributed by atoms with E-state index < -0.39 is 27.8 Å². The molecule has 11 heteroatoms. The van der Waals surface area contributed by atoms with Crippen molar-refractivity contribution in [1.29, 1.82) is 0 Å². The average Bonchev–Trinajstić information content (AvgIpc) is 3.04. The summed E-state index contributed by atoms with van der Waals surface area (Å²) in [6, 6.07) is 5.92. The van der Waals surface area contributed by atoms with Crippen LogP contribution in [0, 0.1) is 0 Å². The van der Waals surface area contributed by atoms with Gasteiger partial charge in [-0.1, -0.05) is 23.2 Å². The molecule has 1 aromatic heterocycles. The second kappa shape index (κ2) is 7.46. The van der Waals surface area contributed by atoms with Crippen molar-refractivity contribution in [2.75, 3.05) is 18.0 Å². The largest absolute Gasteiger partial charge is 0.417 e. The Morgan fingerprint density at radius 2 is 1.93 bits per heavy atom. The van der Waals surface area contributed by atoms with Gasteiger partial charge in [0.25, 0.3) is 0 Å². The first-order valence-corrected chi connectivity index (χ1v) is 10.1. The summed E-state index contributed by atoms with van der Waals surface area (Å²) >= 11 is 11.8. The normalized spacial score (nSPS) is 18.1. The molecule has 1 aliphatic heterocycles. The lowest BCUT2D eigenvalue weighted by Crippen LogP contribution is -2.37. The van der Waals surface area contributed by atoms with Gasteiger partial charge in [0.2, 0.25) is 10.0 Å². The molecule has 0 amide bonds. The molecule has 1 saturated heterocycles. The monoisotopic (exact) mass is 439 g/mol. The van der Waals surface area contributed by atoms with Crippen molar-refractivity contribution >= 4 is 39.0 Å². The molecule has 1 fully saturated rings. The highest BCUT2D eigenvalue weighted by Crippen LogP contribution is 2.30. The number of benzene rings is 1. The SMILES string of the molecule is O=S(=O)(N[C@@H]1CCN(c2ccc(C(F)(F)F)cn2)C1)c1cc(Cl)ccc1Cl. The average molecular weight is 440 g/mol. The molecule has 0 unspecified atom stereocenters. The van der Waals surface area contributed by atoms with E-state index >= 15 is 0 Å². The van der Waals surface area contributed by atoms with Gasteiger partial charge in [-0.2, -0.15) is 13.2 Å². The van der Waals surface area contributed by atoms with E-state index in [4.69, 9.17) is 23.2 Å². The van der Waals surface area contributed by atoms with Gasteiger partial charge in [-0.25, -0.2) is 18.1 Å². The predicted octanol–water partition coefficient (Wildman–Crippen LogP) is 3.96. The Morgan fingerprint density at radius 1 is 1.19 bits per heavy atom. The maximum absolute atomic E-state index is 12.6. The number of hydrogen-bond donors (Lipinski definition) is 1. The maximum atomic E-state index is 12.6.